The van der Waals surface area contributed by atoms with Gasteiger partial charge in [0.15, 0.2) is 0 Å². The van der Waals surface area contributed by atoms with Crippen molar-refractivity contribution in [1.82, 2.24) is 24.9 Å². The lowest BCUT2D eigenvalue weighted by atomic mass is 9.88. The van der Waals surface area contributed by atoms with Crippen molar-refractivity contribution in [2.45, 2.75) is 18.4 Å². The molecule has 0 spiro atoms. The van der Waals surface area contributed by atoms with Gasteiger partial charge in [0.25, 0.3) is 0 Å². The summed E-state index contributed by atoms with van der Waals surface area (Å²) in [6, 6.07) is 10.1. The van der Waals surface area contributed by atoms with E-state index in [0.717, 1.165) is 59.6 Å². The highest BCUT2D eigenvalue weighted by molar-refractivity contribution is 5.87. The Morgan fingerprint density at radius 3 is 2.76 bits per heavy atom. The van der Waals surface area contributed by atoms with Crippen LogP contribution < -0.4 is 10.6 Å². The molecule has 0 saturated carbocycles. The van der Waals surface area contributed by atoms with Crippen LogP contribution >= 0.6 is 0 Å². The van der Waals surface area contributed by atoms with E-state index in [9.17, 15) is 0 Å². The number of benzene rings is 1. The van der Waals surface area contributed by atoms with Gasteiger partial charge in [-0.2, -0.15) is 0 Å². The molecule has 0 amide bonds. The maximum atomic E-state index is 6.72. The standard InChI is InChI=1S/C18H19N7/c19-18(17-23-13-3-1-2-4-14(13)24-17)6-9-25(10-7-18)16-12-5-8-20-15(12)21-11-22-16/h1-5,8,11H,6-7,9-10,19H2,(H,23,24)(H,20,21,22). The largest absolute Gasteiger partial charge is 0.356 e. The molecular weight excluding hydrogens is 314 g/mol. The molecule has 0 aliphatic carbocycles. The Balaban J connectivity index is 1.42. The van der Waals surface area contributed by atoms with Crippen LogP contribution in [0.1, 0.15) is 18.7 Å². The quantitative estimate of drug-likeness (QED) is 0.523. The van der Waals surface area contributed by atoms with Crippen molar-refractivity contribution >= 4 is 27.9 Å². The highest BCUT2D eigenvalue weighted by Crippen LogP contribution is 2.33. The second kappa shape index (κ2) is 5.29. The number of nitrogens with two attached hydrogens (primary N) is 1. The van der Waals surface area contributed by atoms with Crippen LogP contribution in [0.25, 0.3) is 22.1 Å². The van der Waals surface area contributed by atoms with Gasteiger partial charge < -0.3 is 20.6 Å². The Hall–Kier alpha value is -2.93. The molecule has 3 aromatic heterocycles. The summed E-state index contributed by atoms with van der Waals surface area (Å²) in [6.07, 6.45) is 5.15. The van der Waals surface area contributed by atoms with Crippen molar-refractivity contribution < 1.29 is 0 Å². The first-order valence-corrected chi connectivity index (χ1v) is 8.50. The fourth-order valence-electron chi connectivity index (χ4n) is 3.65. The first-order chi connectivity index (χ1) is 12.2. The zero-order valence-corrected chi connectivity index (χ0v) is 13.7. The third kappa shape index (κ3) is 2.27. The van der Waals surface area contributed by atoms with Crippen molar-refractivity contribution in [2.75, 3.05) is 18.0 Å². The third-order valence-corrected chi connectivity index (χ3v) is 5.15. The highest BCUT2D eigenvalue weighted by Gasteiger charge is 2.35. The predicted molar refractivity (Wildman–Crippen MR) is 97.3 cm³/mol. The van der Waals surface area contributed by atoms with Gasteiger partial charge in [-0.1, -0.05) is 12.1 Å². The van der Waals surface area contributed by atoms with Crippen LogP contribution in [-0.2, 0) is 5.54 Å². The molecular formula is C18H19N7. The Kier molecular flexibility index (Phi) is 3.05. The zero-order valence-electron chi connectivity index (χ0n) is 13.7. The monoisotopic (exact) mass is 333 g/mol. The van der Waals surface area contributed by atoms with Gasteiger partial charge in [-0.15, -0.1) is 0 Å². The minimum absolute atomic E-state index is 0.431. The summed E-state index contributed by atoms with van der Waals surface area (Å²) in [4.78, 5) is 22.3. The highest BCUT2D eigenvalue weighted by atomic mass is 15.2. The van der Waals surface area contributed by atoms with E-state index in [4.69, 9.17) is 10.7 Å². The summed E-state index contributed by atoms with van der Waals surface area (Å²) >= 11 is 0. The smallest absolute Gasteiger partial charge is 0.142 e. The molecule has 1 aliphatic heterocycles. The first-order valence-electron chi connectivity index (χ1n) is 8.50. The maximum absolute atomic E-state index is 6.72. The molecule has 4 N–H and O–H groups in total. The van der Waals surface area contributed by atoms with Crippen LogP contribution in [0.5, 0.6) is 0 Å². The molecule has 4 aromatic rings. The molecule has 1 aliphatic rings. The van der Waals surface area contributed by atoms with E-state index in [1.165, 1.54) is 0 Å². The molecule has 25 heavy (non-hydrogen) atoms. The van der Waals surface area contributed by atoms with Crippen LogP contribution in [0.2, 0.25) is 0 Å². The van der Waals surface area contributed by atoms with Crippen molar-refractivity contribution in [3.8, 4) is 0 Å². The summed E-state index contributed by atoms with van der Waals surface area (Å²) in [5, 5.41) is 1.05. The Morgan fingerprint density at radius 1 is 1.08 bits per heavy atom. The van der Waals surface area contributed by atoms with Crippen molar-refractivity contribution in [1.29, 1.82) is 0 Å². The van der Waals surface area contributed by atoms with Gasteiger partial charge >= 0.3 is 0 Å². The second-order valence-corrected chi connectivity index (χ2v) is 6.68. The van der Waals surface area contributed by atoms with E-state index in [1.54, 1.807) is 6.33 Å². The fourth-order valence-corrected chi connectivity index (χ4v) is 3.65. The number of imidazole rings is 1. The van der Waals surface area contributed by atoms with E-state index in [0.29, 0.717) is 0 Å². The van der Waals surface area contributed by atoms with Gasteiger partial charge in [0, 0.05) is 19.3 Å². The molecule has 1 saturated heterocycles. The van der Waals surface area contributed by atoms with Crippen LogP contribution in [-0.4, -0.2) is 38.0 Å². The molecule has 126 valence electrons. The fraction of sp³-hybridized carbons (Fsp3) is 0.278. The molecule has 0 bridgehead atoms. The van der Waals surface area contributed by atoms with E-state index >= 15 is 0 Å². The Morgan fingerprint density at radius 2 is 1.92 bits per heavy atom. The van der Waals surface area contributed by atoms with Gasteiger partial charge in [-0.25, -0.2) is 15.0 Å². The number of piperidine rings is 1. The SMILES string of the molecule is NC1(c2nc3ccccc3[nH]2)CCN(c2ncnc3[nH]ccc23)CC1. The van der Waals surface area contributed by atoms with Gasteiger partial charge in [0.1, 0.15) is 23.6 Å². The minimum atomic E-state index is -0.431. The van der Waals surface area contributed by atoms with Crippen LogP contribution in [0, 0.1) is 0 Å². The number of hydrogen-bond donors (Lipinski definition) is 3. The summed E-state index contributed by atoms with van der Waals surface area (Å²) in [5.41, 5.74) is 9.16. The van der Waals surface area contributed by atoms with E-state index in [2.05, 4.69) is 24.8 Å². The number of hydrogen-bond acceptors (Lipinski definition) is 5. The molecule has 1 aromatic carbocycles. The molecule has 0 radical (unpaired) electrons. The summed E-state index contributed by atoms with van der Waals surface area (Å²) in [6.45, 7) is 1.68. The number of nitrogens with one attached hydrogen (secondary N) is 2. The van der Waals surface area contributed by atoms with E-state index in [-0.39, 0.29) is 0 Å². The van der Waals surface area contributed by atoms with Crippen molar-refractivity contribution in [2.24, 2.45) is 5.73 Å². The van der Waals surface area contributed by atoms with E-state index < -0.39 is 5.54 Å². The maximum Gasteiger partial charge on any atom is 0.142 e. The average molecular weight is 333 g/mol. The molecule has 0 atom stereocenters. The average Bonchev–Trinajstić information content (AvgIpc) is 3.29. The molecule has 1 fully saturated rings. The van der Waals surface area contributed by atoms with E-state index in [1.807, 2.05) is 36.5 Å². The van der Waals surface area contributed by atoms with Crippen LogP contribution in [0.4, 0.5) is 5.82 Å². The Bertz CT molecular complexity index is 1010. The number of nitrogens with zero attached hydrogens (tertiary/aromatic N) is 4. The second-order valence-electron chi connectivity index (χ2n) is 6.68. The van der Waals surface area contributed by atoms with Gasteiger partial charge in [0.2, 0.25) is 0 Å². The molecule has 7 heteroatoms. The number of anilines is 1. The predicted octanol–water partition coefficient (Wildman–Crippen LogP) is 2.29. The minimum Gasteiger partial charge on any atom is -0.356 e. The molecule has 0 unspecified atom stereocenters. The summed E-state index contributed by atoms with van der Waals surface area (Å²) in [7, 11) is 0. The Labute approximate surface area is 144 Å². The molecule has 4 heterocycles. The third-order valence-electron chi connectivity index (χ3n) is 5.15. The number of aromatic nitrogens is 5. The first kappa shape index (κ1) is 14.4. The molecule has 5 rings (SSSR count). The molecule has 7 nitrogen and oxygen atoms in total. The normalized spacial score (nSPS) is 17.4. The van der Waals surface area contributed by atoms with Crippen molar-refractivity contribution in [3.63, 3.8) is 0 Å². The zero-order chi connectivity index (χ0) is 16.9. The number of para-hydroxylation sites is 2. The van der Waals surface area contributed by atoms with Crippen LogP contribution in [0.15, 0.2) is 42.9 Å². The van der Waals surface area contributed by atoms with Gasteiger partial charge in [-0.3, -0.25) is 0 Å². The van der Waals surface area contributed by atoms with Crippen molar-refractivity contribution in [3.05, 3.63) is 48.7 Å². The lowest BCUT2D eigenvalue weighted by molar-refractivity contribution is 0.327. The number of H-pyrrole nitrogens is 2. The number of rotatable bonds is 2. The topological polar surface area (TPSA) is 99.5 Å². The van der Waals surface area contributed by atoms with Gasteiger partial charge in [-0.05, 0) is 31.0 Å². The van der Waals surface area contributed by atoms with Crippen LogP contribution in [0.3, 0.4) is 0 Å². The lowest BCUT2D eigenvalue weighted by Crippen LogP contribution is -2.49. The number of aromatic amines is 2. The summed E-state index contributed by atoms with van der Waals surface area (Å²) < 4.78 is 0. The number of fused-ring (bicyclic) bond motifs is 2. The summed E-state index contributed by atoms with van der Waals surface area (Å²) in [5.74, 6) is 1.85. The lowest BCUT2D eigenvalue weighted by Gasteiger charge is -2.38. The van der Waals surface area contributed by atoms with Gasteiger partial charge in [0.05, 0.1) is 22.0 Å².